The van der Waals surface area contributed by atoms with Crippen molar-refractivity contribution >= 4 is 0 Å². The van der Waals surface area contributed by atoms with Gasteiger partial charge >= 0.3 is 0 Å². The number of nitrogens with one attached hydrogen (secondary N) is 1. The van der Waals surface area contributed by atoms with E-state index in [1.54, 1.807) is 20.1 Å². The molecule has 0 radical (unpaired) electrons. The molecule has 1 N–H and O–H groups in total. The number of aryl methyl sites for hydroxylation is 1. The van der Waals surface area contributed by atoms with Crippen LogP contribution >= 0.6 is 0 Å². The molecule has 0 aliphatic carbocycles. The van der Waals surface area contributed by atoms with Crippen LogP contribution in [0, 0.1) is 12.7 Å². The number of benzene rings is 1. The van der Waals surface area contributed by atoms with Crippen LogP contribution in [0.2, 0.25) is 0 Å². The molecule has 0 aliphatic rings. The van der Waals surface area contributed by atoms with Gasteiger partial charge in [0, 0.05) is 19.2 Å². The van der Waals surface area contributed by atoms with Gasteiger partial charge in [-0.25, -0.2) is 4.39 Å². The van der Waals surface area contributed by atoms with Crippen LogP contribution in [0.3, 0.4) is 0 Å². The van der Waals surface area contributed by atoms with Gasteiger partial charge in [-0.3, -0.25) is 0 Å². The van der Waals surface area contributed by atoms with Crippen molar-refractivity contribution in [3.8, 4) is 0 Å². The zero-order valence-electron chi connectivity index (χ0n) is 11.1. The highest BCUT2D eigenvalue weighted by atomic mass is 19.1. The molecule has 1 aromatic rings. The molecule has 96 valence electrons. The lowest BCUT2D eigenvalue weighted by molar-refractivity contribution is 0.159. The van der Waals surface area contributed by atoms with Crippen molar-refractivity contribution in [3.05, 3.63) is 35.1 Å². The maximum Gasteiger partial charge on any atom is 0.126 e. The fourth-order valence-electron chi connectivity index (χ4n) is 1.81. The van der Waals surface area contributed by atoms with Crippen molar-refractivity contribution in [1.82, 2.24) is 5.32 Å². The van der Waals surface area contributed by atoms with Crippen molar-refractivity contribution in [2.45, 2.75) is 39.3 Å². The molecule has 0 saturated carbocycles. The van der Waals surface area contributed by atoms with E-state index in [2.05, 4.69) is 12.2 Å². The lowest BCUT2D eigenvalue weighted by Gasteiger charge is -2.22. The molecule has 0 fully saturated rings. The largest absolute Gasteiger partial charge is 0.383 e. The van der Waals surface area contributed by atoms with Crippen molar-refractivity contribution in [1.29, 1.82) is 0 Å². The SMILES string of the molecule is CCC(COC)NC(C)c1ccc(C)c(F)c1. The Morgan fingerprint density at radius 1 is 1.41 bits per heavy atom. The molecule has 2 atom stereocenters. The smallest absolute Gasteiger partial charge is 0.126 e. The van der Waals surface area contributed by atoms with Gasteiger partial charge in [0.05, 0.1) is 6.61 Å². The molecule has 0 heterocycles. The summed E-state index contributed by atoms with van der Waals surface area (Å²) >= 11 is 0. The van der Waals surface area contributed by atoms with E-state index in [9.17, 15) is 4.39 Å². The number of hydrogen-bond donors (Lipinski definition) is 1. The summed E-state index contributed by atoms with van der Waals surface area (Å²) < 4.78 is 18.6. The Labute approximate surface area is 103 Å². The topological polar surface area (TPSA) is 21.3 Å². The van der Waals surface area contributed by atoms with E-state index in [4.69, 9.17) is 4.74 Å². The molecule has 0 amide bonds. The third-order valence-corrected chi connectivity index (χ3v) is 3.04. The second kappa shape index (κ2) is 6.72. The highest BCUT2D eigenvalue weighted by molar-refractivity contribution is 5.25. The van der Waals surface area contributed by atoms with Crippen LogP contribution in [0.25, 0.3) is 0 Å². The number of halogens is 1. The fraction of sp³-hybridized carbons (Fsp3) is 0.571. The van der Waals surface area contributed by atoms with Crippen molar-refractivity contribution in [2.75, 3.05) is 13.7 Å². The Balaban J connectivity index is 2.68. The normalized spacial score (nSPS) is 14.6. The molecule has 17 heavy (non-hydrogen) atoms. The first-order chi connectivity index (χ1) is 8.08. The van der Waals surface area contributed by atoms with Gasteiger partial charge in [-0.15, -0.1) is 0 Å². The first-order valence-corrected chi connectivity index (χ1v) is 6.09. The Kier molecular flexibility index (Phi) is 5.59. The van der Waals surface area contributed by atoms with E-state index in [0.717, 1.165) is 12.0 Å². The first-order valence-electron chi connectivity index (χ1n) is 6.09. The molecule has 1 rings (SSSR count). The van der Waals surface area contributed by atoms with E-state index in [1.165, 1.54) is 0 Å². The van der Waals surface area contributed by atoms with Crippen LogP contribution in [0.5, 0.6) is 0 Å². The number of rotatable bonds is 6. The van der Waals surface area contributed by atoms with Crippen LogP contribution in [0.15, 0.2) is 18.2 Å². The minimum Gasteiger partial charge on any atom is -0.383 e. The van der Waals surface area contributed by atoms with Crippen LogP contribution in [-0.4, -0.2) is 19.8 Å². The molecular weight excluding hydrogens is 217 g/mol. The van der Waals surface area contributed by atoms with E-state index < -0.39 is 0 Å². The highest BCUT2D eigenvalue weighted by Crippen LogP contribution is 2.17. The van der Waals surface area contributed by atoms with Crippen LogP contribution in [-0.2, 0) is 4.74 Å². The van der Waals surface area contributed by atoms with Crippen molar-refractivity contribution in [3.63, 3.8) is 0 Å². The second-order valence-electron chi connectivity index (χ2n) is 4.46. The third kappa shape index (κ3) is 4.10. The Morgan fingerprint density at radius 2 is 2.12 bits per heavy atom. The van der Waals surface area contributed by atoms with Gasteiger partial charge in [-0.1, -0.05) is 19.1 Å². The van der Waals surface area contributed by atoms with E-state index >= 15 is 0 Å². The average Bonchev–Trinajstić information content (AvgIpc) is 2.31. The molecule has 0 saturated heterocycles. The van der Waals surface area contributed by atoms with Crippen LogP contribution < -0.4 is 5.32 Å². The monoisotopic (exact) mass is 239 g/mol. The van der Waals surface area contributed by atoms with Crippen molar-refractivity contribution in [2.24, 2.45) is 0 Å². The summed E-state index contributed by atoms with van der Waals surface area (Å²) in [5, 5.41) is 3.44. The predicted molar refractivity (Wildman–Crippen MR) is 68.6 cm³/mol. The quantitative estimate of drug-likeness (QED) is 0.823. The number of methoxy groups -OCH3 is 1. The van der Waals surface area contributed by atoms with Gasteiger partial charge in [-0.2, -0.15) is 0 Å². The van der Waals surface area contributed by atoms with Gasteiger partial charge in [0.2, 0.25) is 0 Å². The Hall–Kier alpha value is -0.930. The summed E-state index contributed by atoms with van der Waals surface area (Å²) in [7, 11) is 1.69. The predicted octanol–water partition coefficient (Wildman–Crippen LogP) is 3.21. The molecule has 0 spiro atoms. The fourth-order valence-corrected chi connectivity index (χ4v) is 1.81. The standard InChI is InChI=1S/C14H22FNO/c1-5-13(9-17-4)16-11(3)12-7-6-10(2)14(15)8-12/h6-8,11,13,16H,5,9H2,1-4H3. The first kappa shape index (κ1) is 14.1. The molecule has 1 aromatic carbocycles. The number of ether oxygens (including phenoxy) is 1. The van der Waals surface area contributed by atoms with Crippen LogP contribution in [0.4, 0.5) is 4.39 Å². The third-order valence-electron chi connectivity index (χ3n) is 3.04. The summed E-state index contributed by atoms with van der Waals surface area (Å²) in [5.74, 6) is -0.143. The van der Waals surface area contributed by atoms with Crippen molar-refractivity contribution < 1.29 is 9.13 Å². The summed E-state index contributed by atoms with van der Waals surface area (Å²) in [6.45, 7) is 6.60. The van der Waals surface area contributed by atoms with Gasteiger partial charge < -0.3 is 10.1 Å². The summed E-state index contributed by atoms with van der Waals surface area (Å²) in [6.07, 6.45) is 0.993. The van der Waals surface area contributed by atoms with E-state index in [1.807, 2.05) is 19.1 Å². The maximum absolute atomic E-state index is 13.5. The highest BCUT2D eigenvalue weighted by Gasteiger charge is 2.12. The maximum atomic E-state index is 13.5. The van der Waals surface area contributed by atoms with Gasteiger partial charge in [-0.05, 0) is 37.5 Å². The Morgan fingerprint density at radius 3 is 2.65 bits per heavy atom. The lowest BCUT2D eigenvalue weighted by Crippen LogP contribution is -2.34. The zero-order valence-corrected chi connectivity index (χ0v) is 11.1. The number of hydrogen-bond acceptors (Lipinski definition) is 2. The minimum absolute atomic E-state index is 0.130. The molecule has 3 heteroatoms. The summed E-state index contributed by atoms with van der Waals surface area (Å²) in [4.78, 5) is 0. The van der Waals surface area contributed by atoms with E-state index in [0.29, 0.717) is 18.2 Å². The molecule has 2 nitrogen and oxygen atoms in total. The molecule has 2 unspecified atom stereocenters. The Bertz CT molecular complexity index is 354. The molecule has 0 aliphatic heterocycles. The van der Waals surface area contributed by atoms with Gasteiger partial charge in [0.25, 0.3) is 0 Å². The average molecular weight is 239 g/mol. The summed E-state index contributed by atoms with van der Waals surface area (Å²) in [5.41, 5.74) is 1.66. The molecule has 0 bridgehead atoms. The molecule has 0 aromatic heterocycles. The zero-order chi connectivity index (χ0) is 12.8. The summed E-state index contributed by atoms with van der Waals surface area (Å²) in [6, 6.07) is 5.83. The van der Waals surface area contributed by atoms with E-state index in [-0.39, 0.29) is 11.9 Å². The van der Waals surface area contributed by atoms with Gasteiger partial charge in [0.1, 0.15) is 5.82 Å². The van der Waals surface area contributed by atoms with Gasteiger partial charge in [0.15, 0.2) is 0 Å². The van der Waals surface area contributed by atoms with Crippen LogP contribution in [0.1, 0.15) is 37.4 Å². The molecular formula is C14H22FNO. The second-order valence-corrected chi connectivity index (χ2v) is 4.46. The minimum atomic E-state index is -0.143. The lowest BCUT2D eigenvalue weighted by atomic mass is 10.0.